The van der Waals surface area contributed by atoms with E-state index in [-0.39, 0.29) is 0 Å². The third-order valence-electron chi connectivity index (χ3n) is 2.77. The number of aryl methyl sites for hydroxylation is 1. The molecule has 0 atom stereocenters. The first-order valence-corrected chi connectivity index (χ1v) is 7.69. The smallest absolute Gasteiger partial charge is 0.175 e. The Morgan fingerprint density at radius 3 is 2.21 bits per heavy atom. The first-order valence-electron chi connectivity index (χ1n) is 5.79. The first-order chi connectivity index (χ1) is 8.86. The van der Waals surface area contributed by atoms with Crippen LogP contribution in [0.15, 0.2) is 47.4 Å². The summed E-state index contributed by atoms with van der Waals surface area (Å²) in [6.07, 6.45) is 1.19. The molecule has 0 unspecified atom stereocenters. The monoisotopic (exact) mass is 276 g/mol. The van der Waals surface area contributed by atoms with E-state index in [1.807, 2.05) is 25.1 Å². The molecule has 0 saturated carbocycles. The molecule has 0 amide bonds. The molecule has 0 saturated heterocycles. The molecule has 0 radical (unpaired) electrons. The van der Waals surface area contributed by atoms with Crippen molar-refractivity contribution in [2.24, 2.45) is 0 Å². The maximum absolute atomic E-state index is 11.4. The summed E-state index contributed by atoms with van der Waals surface area (Å²) in [4.78, 5) is 0.301. The predicted octanol–water partition coefficient (Wildman–Crippen LogP) is 2.72. The van der Waals surface area contributed by atoms with E-state index in [2.05, 4.69) is 5.32 Å². The fraction of sp³-hybridized carbons (Fsp3) is 0.143. The van der Waals surface area contributed by atoms with Crippen LogP contribution in [0, 0.1) is 6.92 Å². The van der Waals surface area contributed by atoms with E-state index in [0.29, 0.717) is 10.6 Å². The van der Waals surface area contributed by atoms with Crippen LogP contribution >= 0.6 is 0 Å². The topological polar surface area (TPSA) is 72.2 Å². The van der Waals surface area contributed by atoms with Gasteiger partial charge in [-0.15, -0.1) is 0 Å². The molecule has 100 valence electrons. The summed E-state index contributed by atoms with van der Waals surface area (Å²) < 4.78 is 22.7. The van der Waals surface area contributed by atoms with E-state index in [4.69, 9.17) is 5.73 Å². The number of hydrogen-bond donors (Lipinski definition) is 2. The summed E-state index contributed by atoms with van der Waals surface area (Å²) in [5.41, 5.74) is 9.26. The zero-order valence-corrected chi connectivity index (χ0v) is 11.7. The van der Waals surface area contributed by atoms with Gasteiger partial charge in [0.15, 0.2) is 9.84 Å². The fourth-order valence-corrected chi connectivity index (χ4v) is 2.37. The molecule has 0 aliphatic rings. The predicted molar refractivity (Wildman–Crippen MR) is 78.4 cm³/mol. The van der Waals surface area contributed by atoms with Crippen LogP contribution in [0.3, 0.4) is 0 Å². The fourth-order valence-electron chi connectivity index (χ4n) is 1.74. The van der Waals surface area contributed by atoms with Crippen LogP contribution in [0.2, 0.25) is 0 Å². The van der Waals surface area contributed by atoms with Crippen LogP contribution in [-0.2, 0) is 9.84 Å². The minimum atomic E-state index is -3.16. The third kappa shape index (κ3) is 3.26. The van der Waals surface area contributed by atoms with Gasteiger partial charge in [0, 0.05) is 11.9 Å². The van der Waals surface area contributed by atoms with E-state index in [1.54, 1.807) is 24.3 Å². The molecular weight excluding hydrogens is 260 g/mol. The molecule has 0 heterocycles. The van der Waals surface area contributed by atoms with Crippen molar-refractivity contribution >= 4 is 26.9 Å². The SMILES string of the molecule is Cc1ccc(Nc2ccc(S(C)(=O)=O)cc2)c(N)c1. The van der Waals surface area contributed by atoms with Crippen molar-refractivity contribution in [3.63, 3.8) is 0 Å². The van der Waals surface area contributed by atoms with Crippen LogP contribution in [0.5, 0.6) is 0 Å². The van der Waals surface area contributed by atoms with E-state index < -0.39 is 9.84 Å². The maximum Gasteiger partial charge on any atom is 0.175 e. The zero-order chi connectivity index (χ0) is 14.0. The molecule has 2 aromatic rings. The molecular formula is C14H16N2O2S. The molecule has 19 heavy (non-hydrogen) atoms. The van der Waals surface area contributed by atoms with Gasteiger partial charge in [0.2, 0.25) is 0 Å². The number of benzene rings is 2. The molecule has 5 heteroatoms. The van der Waals surface area contributed by atoms with Crippen molar-refractivity contribution in [3.8, 4) is 0 Å². The van der Waals surface area contributed by atoms with Gasteiger partial charge in [0.05, 0.1) is 16.3 Å². The summed E-state index contributed by atoms with van der Waals surface area (Å²) in [5.74, 6) is 0. The van der Waals surface area contributed by atoms with Gasteiger partial charge in [0.25, 0.3) is 0 Å². The number of hydrogen-bond acceptors (Lipinski definition) is 4. The molecule has 0 aliphatic carbocycles. The Balaban J connectivity index is 2.25. The van der Waals surface area contributed by atoms with Crippen molar-refractivity contribution < 1.29 is 8.42 Å². The Bertz CT molecular complexity index is 692. The van der Waals surface area contributed by atoms with Gasteiger partial charge in [-0.2, -0.15) is 0 Å². The van der Waals surface area contributed by atoms with Crippen molar-refractivity contribution in [1.29, 1.82) is 0 Å². The van der Waals surface area contributed by atoms with E-state index in [0.717, 1.165) is 16.9 Å². The highest BCUT2D eigenvalue weighted by Crippen LogP contribution is 2.24. The molecule has 4 nitrogen and oxygen atoms in total. The summed E-state index contributed by atoms with van der Waals surface area (Å²) in [5, 5.41) is 3.16. The number of nitrogens with one attached hydrogen (secondary N) is 1. The van der Waals surface area contributed by atoms with Crippen molar-refractivity contribution in [1.82, 2.24) is 0 Å². The molecule has 3 N–H and O–H groups in total. The lowest BCUT2D eigenvalue weighted by Crippen LogP contribution is -1.99. The number of nitrogen functional groups attached to an aromatic ring is 1. The highest BCUT2D eigenvalue weighted by atomic mass is 32.2. The Morgan fingerprint density at radius 1 is 1.05 bits per heavy atom. The van der Waals surface area contributed by atoms with Crippen LogP contribution in [0.25, 0.3) is 0 Å². The lowest BCUT2D eigenvalue weighted by Gasteiger charge is -2.10. The van der Waals surface area contributed by atoms with E-state index >= 15 is 0 Å². The van der Waals surface area contributed by atoms with Gasteiger partial charge in [-0.05, 0) is 48.9 Å². The zero-order valence-electron chi connectivity index (χ0n) is 10.8. The molecule has 2 aromatic carbocycles. The number of nitrogens with two attached hydrogens (primary N) is 1. The summed E-state index contributed by atoms with van der Waals surface area (Å²) in [6, 6.07) is 12.3. The average Bonchev–Trinajstić information content (AvgIpc) is 2.32. The van der Waals surface area contributed by atoms with Crippen molar-refractivity contribution in [2.75, 3.05) is 17.3 Å². The molecule has 0 fully saturated rings. The quantitative estimate of drug-likeness (QED) is 0.845. The third-order valence-corrected chi connectivity index (χ3v) is 3.90. The van der Waals surface area contributed by atoms with E-state index in [1.165, 1.54) is 6.26 Å². The van der Waals surface area contributed by atoms with Crippen molar-refractivity contribution in [3.05, 3.63) is 48.0 Å². The lowest BCUT2D eigenvalue weighted by atomic mass is 10.2. The number of rotatable bonds is 3. The van der Waals surface area contributed by atoms with Gasteiger partial charge in [-0.1, -0.05) is 6.07 Å². The highest BCUT2D eigenvalue weighted by molar-refractivity contribution is 7.90. The Labute approximate surface area is 113 Å². The highest BCUT2D eigenvalue weighted by Gasteiger charge is 2.06. The lowest BCUT2D eigenvalue weighted by molar-refractivity contribution is 0.602. The summed E-state index contributed by atoms with van der Waals surface area (Å²) >= 11 is 0. The standard InChI is InChI=1S/C14H16N2O2S/c1-10-3-8-14(13(15)9-10)16-11-4-6-12(7-5-11)19(2,17)18/h3-9,16H,15H2,1-2H3. The van der Waals surface area contributed by atoms with Gasteiger partial charge in [-0.25, -0.2) is 8.42 Å². The second-order valence-electron chi connectivity index (χ2n) is 4.51. The van der Waals surface area contributed by atoms with Gasteiger partial charge >= 0.3 is 0 Å². The van der Waals surface area contributed by atoms with Crippen LogP contribution in [0.1, 0.15) is 5.56 Å². The second kappa shape index (κ2) is 4.93. The normalized spacial score (nSPS) is 11.3. The molecule has 0 aliphatic heterocycles. The summed E-state index contributed by atoms with van der Waals surface area (Å²) in [6.45, 7) is 1.97. The minimum Gasteiger partial charge on any atom is -0.397 e. The van der Waals surface area contributed by atoms with Gasteiger partial charge in [-0.3, -0.25) is 0 Å². The number of anilines is 3. The van der Waals surface area contributed by atoms with Crippen LogP contribution < -0.4 is 11.1 Å². The largest absolute Gasteiger partial charge is 0.397 e. The summed E-state index contributed by atoms with van der Waals surface area (Å²) in [7, 11) is -3.16. The Morgan fingerprint density at radius 2 is 1.68 bits per heavy atom. The number of sulfone groups is 1. The first kappa shape index (κ1) is 13.4. The van der Waals surface area contributed by atoms with Crippen LogP contribution in [-0.4, -0.2) is 14.7 Å². The molecule has 0 bridgehead atoms. The Hall–Kier alpha value is -2.01. The van der Waals surface area contributed by atoms with Gasteiger partial charge in [0.1, 0.15) is 0 Å². The Kier molecular flexibility index (Phi) is 3.48. The maximum atomic E-state index is 11.4. The van der Waals surface area contributed by atoms with Gasteiger partial charge < -0.3 is 11.1 Å². The molecule has 0 spiro atoms. The van der Waals surface area contributed by atoms with Crippen LogP contribution in [0.4, 0.5) is 17.1 Å². The molecule has 0 aromatic heterocycles. The average molecular weight is 276 g/mol. The second-order valence-corrected chi connectivity index (χ2v) is 6.53. The molecule has 2 rings (SSSR count). The minimum absolute atomic E-state index is 0.301. The van der Waals surface area contributed by atoms with E-state index in [9.17, 15) is 8.42 Å². The van der Waals surface area contributed by atoms with Crippen molar-refractivity contribution in [2.45, 2.75) is 11.8 Å².